The average Bonchev–Trinajstić information content (AvgIpc) is 2.46. The maximum atomic E-state index is 5.88. The first-order valence-electron chi connectivity index (χ1n) is 7.25. The van der Waals surface area contributed by atoms with Gasteiger partial charge in [-0.05, 0) is 34.5 Å². The highest BCUT2D eigenvalue weighted by molar-refractivity contribution is 9.10. The molecule has 0 spiro atoms. The molecule has 0 aliphatic heterocycles. The Morgan fingerprint density at radius 3 is 2.95 bits per heavy atom. The van der Waals surface area contributed by atoms with Crippen LogP contribution < -0.4 is 11.1 Å². The normalized spacial score (nSPS) is 12.6. The van der Waals surface area contributed by atoms with Crippen molar-refractivity contribution in [2.75, 3.05) is 11.9 Å². The second-order valence-electron chi connectivity index (χ2n) is 5.10. The monoisotopic (exact) mass is 335 g/mol. The van der Waals surface area contributed by atoms with Crippen molar-refractivity contribution in [2.45, 2.75) is 38.6 Å². The summed E-state index contributed by atoms with van der Waals surface area (Å²) < 4.78 is 1.00. The molecule has 20 heavy (non-hydrogen) atoms. The number of benzene rings is 1. The van der Waals surface area contributed by atoms with E-state index in [1.54, 1.807) is 0 Å². The predicted octanol–water partition coefficient (Wildman–Crippen LogP) is 4.32. The van der Waals surface area contributed by atoms with E-state index in [9.17, 15) is 0 Å². The van der Waals surface area contributed by atoms with Crippen molar-refractivity contribution < 1.29 is 0 Å². The van der Waals surface area contributed by atoms with Gasteiger partial charge < -0.3 is 11.1 Å². The number of fused-ring (bicyclic) bond motifs is 1. The number of pyridine rings is 1. The molecule has 0 fully saturated rings. The summed E-state index contributed by atoms with van der Waals surface area (Å²) in [5.41, 5.74) is 7.96. The minimum Gasteiger partial charge on any atom is -0.379 e. The van der Waals surface area contributed by atoms with Crippen LogP contribution >= 0.6 is 15.9 Å². The fourth-order valence-corrected chi connectivity index (χ4v) is 2.71. The summed E-state index contributed by atoms with van der Waals surface area (Å²) in [4.78, 5) is 4.51. The first kappa shape index (κ1) is 15.3. The molecule has 0 amide bonds. The van der Waals surface area contributed by atoms with E-state index < -0.39 is 0 Å². The van der Waals surface area contributed by atoms with Crippen molar-refractivity contribution in [1.82, 2.24) is 4.98 Å². The molecular formula is C16H22BrN3. The molecule has 0 saturated carbocycles. The molecule has 2 rings (SSSR count). The zero-order valence-electron chi connectivity index (χ0n) is 11.9. The number of nitrogens with zero attached hydrogens (tertiary/aromatic N) is 1. The van der Waals surface area contributed by atoms with Gasteiger partial charge >= 0.3 is 0 Å². The zero-order chi connectivity index (χ0) is 14.4. The number of hydrogen-bond acceptors (Lipinski definition) is 3. The van der Waals surface area contributed by atoms with Gasteiger partial charge in [0.05, 0.1) is 11.2 Å². The maximum Gasteiger partial charge on any atom is 0.0934 e. The maximum absolute atomic E-state index is 5.88. The highest BCUT2D eigenvalue weighted by Crippen LogP contribution is 2.24. The molecule has 0 aliphatic carbocycles. The third kappa shape index (κ3) is 3.93. The minimum absolute atomic E-state index is 0.317. The van der Waals surface area contributed by atoms with E-state index in [4.69, 9.17) is 5.73 Å². The number of halogens is 1. The Balaban J connectivity index is 2.15. The molecule has 3 N–H and O–H groups in total. The van der Waals surface area contributed by atoms with Crippen molar-refractivity contribution in [2.24, 2.45) is 5.73 Å². The Morgan fingerprint density at radius 2 is 2.20 bits per heavy atom. The van der Waals surface area contributed by atoms with Gasteiger partial charge in [0.15, 0.2) is 0 Å². The number of rotatable bonds is 7. The van der Waals surface area contributed by atoms with Gasteiger partial charge in [-0.1, -0.05) is 38.3 Å². The average molecular weight is 336 g/mol. The third-order valence-electron chi connectivity index (χ3n) is 3.48. The molecule has 108 valence electrons. The van der Waals surface area contributed by atoms with Gasteiger partial charge in [-0.3, -0.25) is 4.98 Å². The van der Waals surface area contributed by atoms with E-state index in [-0.39, 0.29) is 0 Å². The summed E-state index contributed by atoms with van der Waals surface area (Å²) in [5.74, 6) is 0. The quantitative estimate of drug-likeness (QED) is 0.741. The van der Waals surface area contributed by atoms with Crippen molar-refractivity contribution in [3.05, 3.63) is 34.9 Å². The summed E-state index contributed by atoms with van der Waals surface area (Å²) in [6, 6.07) is 8.61. The van der Waals surface area contributed by atoms with Crippen LogP contribution in [0.5, 0.6) is 0 Å². The van der Waals surface area contributed by atoms with E-state index in [1.807, 2.05) is 6.20 Å². The van der Waals surface area contributed by atoms with Gasteiger partial charge in [0.1, 0.15) is 0 Å². The standard InChI is InChI=1S/C16H22BrN3/c1-2-3-4-7-14(10-18)20-15-8-5-6-12-9-13(17)11-19-16(12)15/h5-6,8-9,11,14,20H,2-4,7,10,18H2,1H3. The molecular weight excluding hydrogens is 314 g/mol. The Bertz CT molecular complexity index is 556. The Labute approximate surface area is 129 Å². The lowest BCUT2D eigenvalue weighted by molar-refractivity contribution is 0.592. The van der Waals surface area contributed by atoms with Crippen LogP contribution in [0.1, 0.15) is 32.6 Å². The van der Waals surface area contributed by atoms with Crippen molar-refractivity contribution in [3.8, 4) is 0 Å². The highest BCUT2D eigenvalue weighted by Gasteiger charge is 2.09. The fraction of sp³-hybridized carbons (Fsp3) is 0.438. The second kappa shape index (κ2) is 7.60. The Morgan fingerprint density at radius 1 is 1.35 bits per heavy atom. The van der Waals surface area contributed by atoms with Crippen LogP contribution in [0, 0.1) is 0 Å². The number of nitrogens with one attached hydrogen (secondary N) is 1. The summed E-state index contributed by atoms with van der Waals surface area (Å²) in [7, 11) is 0. The summed E-state index contributed by atoms with van der Waals surface area (Å²) in [6.07, 6.45) is 6.66. The van der Waals surface area contributed by atoms with Crippen LogP contribution in [0.15, 0.2) is 34.9 Å². The molecule has 1 heterocycles. The first-order chi connectivity index (χ1) is 9.74. The third-order valence-corrected chi connectivity index (χ3v) is 3.91. The lowest BCUT2D eigenvalue weighted by atomic mass is 10.1. The van der Waals surface area contributed by atoms with Crippen LogP contribution in [0.25, 0.3) is 10.9 Å². The molecule has 4 heteroatoms. The van der Waals surface area contributed by atoms with Gasteiger partial charge in [-0.15, -0.1) is 0 Å². The molecule has 1 atom stereocenters. The molecule has 3 nitrogen and oxygen atoms in total. The number of aromatic nitrogens is 1. The molecule has 0 aliphatic rings. The zero-order valence-corrected chi connectivity index (χ0v) is 13.5. The number of anilines is 1. The molecule has 0 radical (unpaired) electrons. The molecule has 0 bridgehead atoms. The van der Waals surface area contributed by atoms with Gasteiger partial charge in [-0.2, -0.15) is 0 Å². The van der Waals surface area contributed by atoms with E-state index in [0.717, 1.165) is 27.5 Å². The molecule has 1 unspecified atom stereocenters. The number of hydrogen-bond donors (Lipinski definition) is 2. The predicted molar refractivity (Wildman–Crippen MR) is 90.1 cm³/mol. The van der Waals surface area contributed by atoms with Gasteiger partial charge in [0, 0.05) is 28.6 Å². The van der Waals surface area contributed by atoms with Crippen LogP contribution in [-0.4, -0.2) is 17.6 Å². The van der Waals surface area contributed by atoms with Crippen molar-refractivity contribution in [3.63, 3.8) is 0 Å². The van der Waals surface area contributed by atoms with Crippen LogP contribution in [0.2, 0.25) is 0 Å². The smallest absolute Gasteiger partial charge is 0.0934 e. The molecule has 1 aromatic carbocycles. The summed E-state index contributed by atoms with van der Waals surface area (Å²) in [5, 5.41) is 4.68. The molecule has 2 aromatic rings. The molecule has 1 aromatic heterocycles. The number of unbranched alkanes of at least 4 members (excludes halogenated alkanes) is 2. The number of para-hydroxylation sites is 1. The largest absolute Gasteiger partial charge is 0.379 e. The van der Waals surface area contributed by atoms with E-state index in [2.05, 4.69) is 57.4 Å². The van der Waals surface area contributed by atoms with Gasteiger partial charge in [0.2, 0.25) is 0 Å². The lowest BCUT2D eigenvalue weighted by Crippen LogP contribution is -2.28. The fourth-order valence-electron chi connectivity index (χ4n) is 2.36. The van der Waals surface area contributed by atoms with Crippen LogP contribution in [0.3, 0.4) is 0 Å². The molecule has 0 saturated heterocycles. The van der Waals surface area contributed by atoms with Gasteiger partial charge in [-0.25, -0.2) is 0 Å². The van der Waals surface area contributed by atoms with Crippen molar-refractivity contribution >= 4 is 32.5 Å². The highest BCUT2D eigenvalue weighted by atomic mass is 79.9. The number of nitrogens with two attached hydrogens (primary N) is 1. The first-order valence-corrected chi connectivity index (χ1v) is 8.04. The Hall–Kier alpha value is -1.13. The summed E-state index contributed by atoms with van der Waals surface area (Å²) in [6.45, 7) is 2.87. The minimum atomic E-state index is 0.317. The SMILES string of the molecule is CCCCCC(CN)Nc1cccc2cc(Br)cnc12. The topological polar surface area (TPSA) is 50.9 Å². The summed E-state index contributed by atoms with van der Waals surface area (Å²) >= 11 is 3.46. The van der Waals surface area contributed by atoms with E-state index >= 15 is 0 Å². The Kier molecular flexibility index (Phi) is 5.80. The second-order valence-corrected chi connectivity index (χ2v) is 6.02. The van der Waals surface area contributed by atoms with Crippen molar-refractivity contribution in [1.29, 1.82) is 0 Å². The van der Waals surface area contributed by atoms with Crippen LogP contribution in [-0.2, 0) is 0 Å². The lowest BCUT2D eigenvalue weighted by Gasteiger charge is -2.19. The van der Waals surface area contributed by atoms with E-state index in [1.165, 1.54) is 19.3 Å². The van der Waals surface area contributed by atoms with Gasteiger partial charge in [0.25, 0.3) is 0 Å². The van der Waals surface area contributed by atoms with E-state index in [0.29, 0.717) is 12.6 Å². The van der Waals surface area contributed by atoms with Crippen LogP contribution in [0.4, 0.5) is 5.69 Å².